The van der Waals surface area contributed by atoms with Crippen molar-refractivity contribution in [3.8, 4) is 6.07 Å². The van der Waals surface area contributed by atoms with Crippen LogP contribution in [0, 0.1) is 11.3 Å². The maximum atomic E-state index is 14.0. The van der Waals surface area contributed by atoms with Crippen LogP contribution < -0.4 is 21.0 Å². The summed E-state index contributed by atoms with van der Waals surface area (Å²) in [5, 5.41) is 9.10. The van der Waals surface area contributed by atoms with Crippen LogP contribution in [0.1, 0.15) is 25.8 Å². The van der Waals surface area contributed by atoms with E-state index in [0.717, 1.165) is 18.9 Å². The van der Waals surface area contributed by atoms with Gasteiger partial charge in [-0.15, -0.1) is 0 Å². The molecule has 4 aromatic heterocycles. The summed E-state index contributed by atoms with van der Waals surface area (Å²) in [6, 6.07) is 1.62. The number of hydrogen-bond donors (Lipinski definition) is 0. The number of carbonyl (C=O) groups excluding carboxylic acids is 1. The van der Waals surface area contributed by atoms with E-state index in [1.807, 2.05) is 0 Å². The molecule has 0 radical (unpaired) electrons. The molecule has 0 bridgehead atoms. The van der Waals surface area contributed by atoms with Gasteiger partial charge in [-0.25, -0.2) is 34.2 Å². The van der Waals surface area contributed by atoms with Crippen molar-refractivity contribution in [1.82, 2.24) is 38.6 Å². The fourth-order valence-electron chi connectivity index (χ4n) is 4.81. The monoisotopic (exact) mass is 569 g/mol. The summed E-state index contributed by atoms with van der Waals surface area (Å²) in [6.45, 7) is 1.04. The Balaban J connectivity index is 1.61. The van der Waals surface area contributed by atoms with Crippen molar-refractivity contribution in [2.24, 2.45) is 7.05 Å². The molecule has 41 heavy (non-hydrogen) atoms. The summed E-state index contributed by atoms with van der Waals surface area (Å²) < 4.78 is 44.0. The highest BCUT2D eigenvalue weighted by molar-refractivity contribution is 6.01. The maximum absolute atomic E-state index is 14.0. The number of fused-ring (bicyclic) bond motifs is 1. The Morgan fingerprint density at radius 1 is 1.20 bits per heavy atom. The number of hydrogen-bond acceptors (Lipinski definition) is 10. The van der Waals surface area contributed by atoms with Gasteiger partial charge in [-0.3, -0.25) is 14.2 Å². The van der Waals surface area contributed by atoms with Crippen LogP contribution in [0.4, 0.5) is 30.8 Å². The lowest BCUT2D eigenvalue weighted by Gasteiger charge is -2.28. The summed E-state index contributed by atoms with van der Waals surface area (Å²) in [6.07, 6.45) is 0.716. The molecular weight excluding hydrogens is 547 g/mol. The van der Waals surface area contributed by atoms with E-state index in [-0.39, 0.29) is 41.7 Å². The fraction of sp³-hybridized carbons (Fsp3) is 0.375. The Hall–Kier alpha value is -5.14. The molecule has 17 heteroatoms. The Morgan fingerprint density at radius 2 is 1.95 bits per heavy atom. The van der Waals surface area contributed by atoms with E-state index in [0.29, 0.717) is 6.42 Å². The van der Waals surface area contributed by atoms with Crippen LogP contribution in [0.15, 0.2) is 46.8 Å². The largest absolute Gasteiger partial charge is 0.408 e. The molecule has 212 valence electrons. The Labute approximate surface area is 229 Å². The summed E-state index contributed by atoms with van der Waals surface area (Å²) in [4.78, 5) is 62.4. The first-order valence-electron chi connectivity index (χ1n) is 12.3. The molecule has 0 unspecified atom stereocenters. The minimum Gasteiger partial charge on any atom is -0.329 e. The average molecular weight is 570 g/mol. The van der Waals surface area contributed by atoms with E-state index in [1.54, 1.807) is 6.07 Å². The number of aromatic nitrogens is 8. The zero-order chi connectivity index (χ0) is 29.5. The van der Waals surface area contributed by atoms with Crippen molar-refractivity contribution in [2.45, 2.75) is 44.6 Å². The number of nitriles is 1. The zero-order valence-electron chi connectivity index (χ0n) is 21.7. The first-order chi connectivity index (χ1) is 19.5. The molecule has 2 atom stereocenters. The predicted octanol–water partition coefficient (Wildman–Crippen LogP) is 1.46. The van der Waals surface area contributed by atoms with Gasteiger partial charge in [-0.1, -0.05) is 0 Å². The molecule has 0 aliphatic carbocycles. The molecule has 1 aliphatic heterocycles. The molecule has 5 heterocycles. The lowest BCUT2D eigenvalue weighted by molar-refractivity contribution is -0.146. The molecule has 0 spiro atoms. The predicted molar refractivity (Wildman–Crippen MR) is 137 cm³/mol. The molecule has 1 amide bonds. The van der Waals surface area contributed by atoms with Gasteiger partial charge in [0.15, 0.2) is 11.2 Å². The smallest absolute Gasteiger partial charge is 0.329 e. The second-order valence-corrected chi connectivity index (χ2v) is 9.24. The molecule has 0 N–H and O–H groups in total. The van der Waals surface area contributed by atoms with Gasteiger partial charge in [0.1, 0.15) is 36.6 Å². The van der Waals surface area contributed by atoms with Gasteiger partial charge in [-0.2, -0.15) is 23.4 Å². The molecule has 1 saturated heterocycles. The Kier molecular flexibility index (Phi) is 6.99. The van der Waals surface area contributed by atoms with E-state index in [9.17, 15) is 27.6 Å². The first kappa shape index (κ1) is 27.4. The molecule has 1 fully saturated rings. The third-order valence-electron chi connectivity index (χ3n) is 6.82. The number of halogens is 3. The lowest BCUT2D eigenvalue weighted by Crippen LogP contribution is -2.42. The molecule has 4 aromatic rings. The molecular formula is C24H22F3N11O3. The standard InChI is InChI=1S/C24H22F3N11O3/c1-14(37-13-32-19-18(37)21(40)36(11-7-28)23(41)34(19)2)20(39)38(16-5-8-29-12-31-16)17-6-9-30-22(33-17)35-10-3-4-15(35)24(25,26)27/h5-6,8-9,12-15H,3-4,10-11H2,1-2H3/t14-,15-/m0/s1. The third-order valence-corrected chi connectivity index (χ3v) is 6.82. The van der Waals surface area contributed by atoms with E-state index >= 15 is 0 Å². The summed E-state index contributed by atoms with van der Waals surface area (Å²) in [5.41, 5.74) is -1.66. The number of anilines is 3. The number of carbonyl (C=O) groups is 1. The van der Waals surface area contributed by atoms with Crippen LogP contribution >= 0.6 is 0 Å². The average Bonchev–Trinajstić information content (AvgIpc) is 3.63. The zero-order valence-corrected chi connectivity index (χ0v) is 21.7. The van der Waals surface area contributed by atoms with Gasteiger partial charge in [0.05, 0.1) is 12.4 Å². The fourth-order valence-corrected chi connectivity index (χ4v) is 4.81. The molecule has 0 aromatic carbocycles. The van der Waals surface area contributed by atoms with Gasteiger partial charge >= 0.3 is 11.9 Å². The lowest BCUT2D eigenvalue weighted by atomic mass is 10.2. The maximum Gasteiger partial charge on any atom is 0.408 e. The van der Waals surface area contributed by atoms with E-state index < -0.39 is 42.0 Å². The number of rotatable bonds is 6. The van der Waals surface area contributed by atoms with Crippen molar-refractivity contribution >= 4 is 34.7 Å². The second kappa shape index (κ2) is 10.4. The summed E-state index contributed by atoms with van der Waals surface area (Å²) >= 11 is 0. The van der Waals surface area contributed by atoms with E-state index in [4.69, 9.17) is 5.26 Å². The van der Waals surface area contributed by atoms with Crippen LogP contribution in [-0.2, 0) is 18.4 Å². The highest BCUT2D eigenvalue weighted by Crippen LogP contribution is 2.35. The minimum absolute atomic E-state index is 0.000950. The van der Waals surface area contributed by atoms with Crippen molar-refractivity contribution in [3.63, 3.8) is 0 Å². The first-order valence-corrected chi connectivity index (χ1v) is 12.3. The van der Waals surface area contributed by atoms with Crippen molar-refractivity contribution in [2.75, 3.05) is 16.3 Å². The summed E-state index contributed by atoms with van der Waals surface area (Å²) in [7, 11) is 1.38. The molecule has 0 saturated carbocycles. The van der Waals surface area contributed by atoms with Crippen LogP contribution in [0.3, 0.4) is 0 Å². The van der Waals surface area contributed by atoms with Crippen LogP contribution in [0.2, 0.25) is 0 Å². The van der Waals surface area contributed by atoms with Gasteiger partial charge in [0, 0.05) is 32.1 Å². The second-order valence-electron chi connectivity index (χ2n) is 9.24. The van der Waals surface area contributed by atoms with Crippen LogP contribution in [0.25, 0.3) is 11.2 Å². The highest BCUT2D eigenvalue weighted by Gasteiger charge is 2.47. The molecule has 1 aliphatic rings. The summed E-state index contributed by atoms with van der Waals surface area (Å²) in [5.74, 6) is -0.878. The van der Waals surface area contributed by atoms with Gasteiger partial charge in [0.25, 0.3) is 11.5 Å². The van der Waals surface area contributed by atoms with E-state index in [2.05, 4.69) is 24.9 Å². The van der Waals surface area contributed by atoms with Gasteiger partial charge in [-0.05, 0) is 25.8 Å². The number of amides is 1. The van der Waals surface area contributed by atoms with Crippen molar-refractivity contribution in [3.05, 3.63) is 58.0 Å². The third kappa shape index (κ3) is 4.77. The minimum atomic E-state index is -4.49. The van der Waals surface area contributed by atoms with Crippen LogP contribution in [0.5, 0.6) is 0 Å². The quantitative estimate of drug-likeness (QED) is 0.332. The van der Waals surface area contributed by atoms with Crippen molar-refractivity contribution < 1.29 is 18.0 Å². The highest BCUT2D eigenvalue weighted by atomic mass is 19.4. The number of aryl methyl sites for hydroxylation is 1. The molecule has 5 rings (SSSR count). The normalized spacial score (nSPS) is 16.1. The Morgan fingerprint density at radius 3 is 2.63 bits per heavy atom. The number of imidazole rings is 1. The van der Waals surface area contributed by atoms with Gasteiger partial charge in [0.2, 0.25) is 5.95 Å². The van der Waals surface area contributed by atoms with E-state index in [1.165, 1.54) is 55.7 Å². The Bertz CT molecular complexity index is 1780. The van der Waals surface area contributed by atoms with Crippen molar-refractivity contribution in [1.29, 1.82) is 5.26 Å². The van der Waals surface area contributed by atoms with Gasteiger partial charge < -0.3 is 9.47 Å². The SMILES string of the molecule is C[C@@H](C(=O)N(c1ccncn1)c1ccnc(N2CCC[C@H]2C(F)(F)F)n1)n1cnc2c1c(=O)n(CC#N)c(=O)n2C. The number of alkyl halides is 3. The van der Waals surface area contributed by atoms with Crippen LogP contribution in [-0.4, -0.2) is 63.3 Å². The topological polar surface area (TPSA) is 161 Å². The molecule has 14 nitrogen and oxygen atoms in total. The number of nitrogens with zero attached hydrogens (tertiary/aromatic N) is 11.